The summed E-state index contributed by atoms with van der Waals surface area (Å²) >= 11 is 0. The van der Waals surface area contributed by atoms with Crippen molar-refractivity contribution in [2.24, 2.45) is 0 Å². The molecule has 0 radical (unpaired) electrons. The van der Waals surface area contributed by atoms with Gasteiger partial charge in [0, 0.05) is 11.8 Å². The molecule has 0 saturated heterocycles. The Morgan fingerprint density at radius 1 is 1.29 bits per heavy atom. The van der Waals surface area contributed by atoms with Crippen LogP contribution in [0.15, 0.2) is 35.9 Å². The molecule has 0 saturated carbocycles. The van der Waals surface area contributed by atoms with Crippen LogP contribution in [0.2, 0.25) is 0 Å². The van der Waals surface area contributed by atoms with Gasteiger partial charge in [-0.3, -0.25) is 4.79 Å². The van der Waals surface area contributed by atoms with Gasteiger partial charge >= 0.3 is 6.61 Å². The van der Waals surface area contributed by atoms with Gasteiger partial charge in [-0.25, -0.2) is 0 Å². The number of nitrogens with one attached hydrogen (secondary N) is 1. The van der Waals surface area contributed by atoms with Crippen LogP contribution < -0.4 is 10.1 Å². The molecule has 0 aliphatic carbocycles. The molecule has 0 atom stereocenters. The lowest BCUT2D eigenvalue weighted by Crippen LogP contribution is -2.08. The average molecular weight is 241 g/mol. The van der Waals surface area contributed by atoms with E-state index in [1.165, 1.54) is 30.3 Å². The highest BCUT2D eigenvalue weighted by Crippen LogP contribution is 2.17. The van der Waals surface area contributed by atoms with E-state index in [-0.39, 0.29) is 11.7 Å². The fourth-order valence-corrected chi connectivity index (χ4v) is 1.16. The number of allylic oxidation sites excluding steroid dienone is 1. The number of ether oxygens (including phenoxy) is 1. The summed E-state index contributed by atoms with van der Waals surface area (Å²) in [7, 11) is 0. The van der Waals surface area contributed by atoms with E-state index in [1.54, 1.807) is 13.8 Å². The summed E-state index contributed by atoms with van der Waals surface area (Å²) in [6.45, 7) is 0.763. The molecule has 0 aliphatic heterocycles. The summed E-state index contributed by atoms with van der Waals surface area (Å²) < 4.78 is 27.9. The second kappa shape index (κ2) is 5.98. The maximum atomic E-state index is 11.9. The van der Waals surface area contributed by atoms with Crippen molar-refractivity contribution in [1.29, 1.82) is 0 Å². The standard InChI is InChI=1S/C12H13F2NO2/c1-8(2)7-11(16)15-9-3-5-10(6-4-9)17-12(13)14/h3-7,12H,1-2H3,(H,15,16). The number of hydrogen-bond acceptors (Lipinski definition) is 2. The van der Waals surface area contributed by atoms with E-state index in [0.29, 0.717) is 5.69 Å². The molecule has 5 heteroatoms. The van der Waals surface area contributed by atoms with Gasteiger partial charge in [0.1, 0.15) is 5.75 Å². The molecule has 0 unspecified atom stereocenters. The minimum Gasteiger partial charge on any atom is -0.435 e. The zero-order chi connectivity index (χ0) is 12.8. The van der Waals surface area contributed by atoms with Gasteiger partial charge in [-0.1, -0.05) is 5.57 Å². The van der Waals surface area contributed by atoms with Crippen LogP contribution in [0.4, 0.5) is 14.5 Å². The quantitative estimate of drug-likeness (QED) is 0.822. The summed E-state index contributed by atoms with van der Waals surface area (Å²) in [4.78, 5) is 11.3. The van der Waals surface area contributed by atoms with Gasteiger partial charge in [-0.2, -0.15) is 8.78 Å². The SMILES string of the molecule is CC(C)=CC(=O)Nc1ccc(OC(F)F)cc1. The summed E-state index contributed by atoms with van der Waals surface area (Å²) in [6.07, 6.45) is 1.45. The van der Waals surface area contributed by atoms with Gasteiger partial charge in [-0.05, 0) is 38.1 Å². The van der Waals surface area contributed by atoms with Crippen LogP contribution in [-0.4, -0.2) is 12.5 Å². The van der Waals surface area contributed by atoms with Gasteiger partial charge in [0.05, 0.1) is 0 Å². The molecule has 3 nitrogen and oxygen atoms in total. The highest BCUT2D eigenvalue weighted by molar-refractivity contribution is 5.99. The molecule has 0 aromatic heterocycles. The number of hydrogen-bond donors (Lipinski definition) is 1. The first-order chi connectivity index (χ1) is 7.97. The minimum absolute atomic E-state index is 0.0558. The first-order valence-electron chi connectivity index (χ1n) is 4.98. The molecule has 92 valence electrons. The van der Waals surface area contributed by atoms with Crippen LogP contribution in [-0.2, 0) is 4.79 Å². The van der Waals surface area contributed by atoms with Crippen molar-refractivity contribution in [2.75, 3.05) is 5.32 Å². The molecule has 0 bridgehead atoms. The average Bonchev–Trinajstić information content (AvgIpc) is 2.18. The van der Waals surface area contributed by atoms with Gasteiger partial charge < -0.3 is 10.1 Å². The predicted molar refractivity (Wildman–Crippen MR) is 61.1 cm³/mol. The van der Waals surface area contributed by atoms with E-state index in [0.717, 1.165) is 5.57 Å². The van der Waals surface area contributed by atoms with E-state index >= 15 is 0 Å². The number of benzene rings is 1. The van der Waals surface area contributed by atoms with Crippen molar-refractivity contribution in [3.63, 3.8) is 0 Å². The fourth-order valence-electron chi connectivity index (χ4n) is 1.16. The Bertz CT molecular complexity index is 409. The molecule has 0 spiro atoms. The summed E-state index contributed by atoms with van der Waals surface area (Å²) in [6, 6.07) is 5.72. The molecule has 0 heterocycles. The lowest BCUT2D eigenvalue weighted by Gasteiger charge is -2.06. The topological polar surface area (TPSA) is 38.3 Å². The maximum absolute atomic E-state index is 11.9. The molecule has 1 amide bonds. The minimum atomic E-state index is -2.85. The van der Waals surface area contributed by atoms with E-state index in [9.17, 15) is 13.6 Å². The zero-order valence-electron chi connectivity index (χ0n) is 9.54. The van der Waals surface area contributed by atoms with Crippen molar-refractivity contribution in [3.8, 4) is 5.75 Å². The third-order valence-electron chi connectivity index (χ3n) is 1.77. The van der Waals surface area contributed by atoms with E-state index in [2.05, 4.69) is 10.1 Å². The zero-order valence-corrected chi connectivity index (χ0v) is 9.54. The molecule has 1 rings (SSSR count). The van der Waals surface area contributed by atoms with E-state index in [4.69, 9.17) is 0 Å². The van der Waals surface area contributed by atoms with Crippen molar-refractivity contribution >= 4 is 11.6 Å². The monoisotopic (exact) mass is 241 g/mol. The molecule has 17 heavy (non-hydrogen) atoms. The van der Waals surface area contributed by atoms with Crippen LogP contribution in [0.3, 0.4) is 0 Å². The molecular formula is C12H13F2NO2. The maximum Gasteiger partial charge on any atom is 0.387 e. The highest BCUT2D eigenvalue weighted by Gasteiger charge is 2.04. The summed E-state index contributed by atoms with van der Waals surface area (Å²) in [5.74, 6) is -0.201. The molecule has 1 aromatic carbocycles. The number of alkyl halides is 2. The molecule has 1 N–H and O–H groups in total. The molecule has 1 aromatic rings. The highest BCUT2D eigenvalue weighted by atomic mass is 19.3. The lowest BCUT2D eigenvalue weighted by atomic mass is 10.3. The number of rotatable bonds is 4. The van der Waals surface area contributed by atoms with Gasteiger partial charge in [0.25, 0.3) is 0 Å². The number of halogens is 2. The van der Waals surface area contributed by atoms with Crippen LogP contribution >= 0.6 is 0 Å². The molecule has 0 aliphatic rings. The van der Waals surface area contributed by atoms with Crippen molar-refractivity contribution in [3.05, 3.63) is 35.9 Å². The predicted octanol–water partition coefficient (Wildman–Crippen LogP) is 3.19. The Balaban J connectivity index is 2.62. The van der Waals surface area contributed by atoms with Crippen LogP contribution in [0.1, 0.15) is 13.8 Å². The van der Waals surface area contributed by atoms with Crippen molar-refractivity contribution in [1.82, 2.24) is 0 Å². The molecule has 0 fully saturated rings. The fraction of sp³-hybridized carbons (Fsp3) is 0.250. The second-order valence-corrected chi connectivity index (χ2v) is 3.61. The van der Waals surface area contributed by atoms with E-state index in [1.807, 2.05) is 0 Å². The number of amides is 1. The third kappa shape index (κ3) is 5.10. The lowest BCUT2D eigenvalue weighted by molar-refractivity contribution is -0.112. The van der Waals surface area contributed by atoms with Crippen molar-refractivity contribution < 1.29 is 18.3 Å². The first kappa shape index (κ1) is 13.2. The Labute approximate surface area is 98.1 Å². The summed E-state index contributed by atoms with van der Waals surface area (Å²) in [5.41, 5.74) is 1.40. The Morgan fingerprint density at radius 2 is 1.88 bits per heavy atom. The van der Waals surface area contributed by atoms with Crippen LogP contribution in [0, 0.1) is 0 Å². The van der Waals surface area contributed by atoms with Crippen LogP contribution in [0.25, 0.3) is 0 Å². The van der Waals surface area contributed by atoms with Gasteiger partial charge in [-0.15, -0.1) is 0 Å². The Hall–Kier alpha value is -1.91. The normalized spacial score (nSPS) is 9.94. The van der Waals surface area contributed by atoms with Gasteiger partial charge in [0.15, 0.2) is 0 Å². The second-order valence-electron chi connectivity index (χ2n) is 3.61. The van der Waals surface area contributed by atoms with Crippen molar-refractivity contribution in [2.45, 2.75) is 20.5 Å². The Morgan fingerprint density at radius 3 is 2.35 bits per heavy atom. The first-order valence-corrected chi connectivity index (χ1v) is 4.98. The molecular weight excluding hydrogens is 228 g/mol. The van der Waals surface area contributed by atoms with E-state index < -0.39 is 6.61 Å². The third-order valence-corrected chi connectivity index (χ3v) is 1.77. The largest absolute Gasteiger partial charge is 0.435 e. The summed E-state index contributed by atoms with van der Waals surface area (Å²) in [5, 5.41) is 2.60. The number of carbonyl (C=O) groups is 1. The number of anilines is 1. The van der Waals surface area contributed by atoms with Crippen LogP contribution in [0.5, 0.6) is 5.75 Å². The van der Waals surface area contributed by atoms with Gasteiger partial charge in [0.2, 0.25) is 5.91 Å². The Kier molecular flexibility index (Phi) is 4.63. The smallest absolute Gasteiger partial charge is 0.387 e. The number of carbonyl (C=O) groups excluding carboxylic acids is 1.